The number of thiophene rings is 1. The number of hydrogen-bond acceptors (Lipinski definition) is 7. The van der Waals surface area contributed by atoms with E-state index in [9.17, 15) is 4.79 Å². The van der Waals surface area contributed by atoms with Crippen molar-refractivity contribution in [3.8, 4) is 10.6 Å². The Labute approximate surface area is 146 Å². The number of aromatic nitrogens is 2. The SMILES string of the molecule is O=C(/C=C/c1nc2ccccc2o1)OCc1cc(-c2cccs2)on1. The molecule has 0 saturated heterocycles. The highest BCUT2D eigenvalue weighted by Crippen LogP contribution is 2.25. The molecule has 124 valence electrons. The molecule has 1 aromatic carbocycles. The second-order valence-electron chi connectivity index (χ2n) is 5.12. The van der Waals surface area contributed by atoms with Gasteiger partial charge in [0.15, 0.2) is 11.3 Å². The van der Waals surface area contributed by atoms with E-state index in [1.807, 2.05) is 41.8 Å². The molecule has 4 aromatic rings. The van der Waals surface area contributed by atoms with Crippen molar-refractivity contribution >= 4 is 34.5 Å². The lowest BCUT2D eigenvalue weighted by Gasteiger charge is -1.96. The molecule has 6 nitrogen and oxygen atoms in total. The lowest BCUT2D eigenvalue weighted by atomic mass is 10.3. The van der Waals surface area contributed by atoms with Crippen LogP contribution in [-0.4, -0.2) is 16.1 Å². The number of hydrogen-bond donors (Lipinski definition) is 0. The smallest absolute Gasteiger partial charge is 0.331 e. The Morgan fingerprint density at radius 1 is 1.24 bits per heavy atom. The molecule has 0 atom stereocenters. The van der Waals surface area contributed by atoms with Gasteiger partial charge in [0.1, 0.15) is 17.8 Å². The maximum Gasteiger partial charge on any atom is 0.331 e. The third kappa shape index (κ3) is 3.51. The Morgan fingerprint density at radius 3 is 3.00 bits per heavy atom. The third-order valence-electron chi connectivity index (χ3n) is 3.36. The molecule has 0 aliphatic rings. The first-order chi connectivity index (χ1) is 12.3. The summed E-state index contributed by atoms with van der Waals surface area (Å²) in [7, 11) is 0. The van der Waals surface area contributed by atoms with E-state index in [0.29, 0.717) is 22.9 Å². The van der Waals surface area contributed by atoms with Crippen molar-refractivity contribution in [2.24, 2.45) is 0 Å². The van der Waals surface area contributed by atoms with Crippen LogP contribution in [-0.2, 0) is 16.1 Å². The van der Waals surface area contributed by atoms with Gasteiger partial charge in [-0.3, -0.25) is 0 Å². The summed E-state index contributed by atoms with van der Waals surface area (Å²) in [4.78, 5) is 17.0. The summed E-state index contributed by atoms with van der Waals surface area (Å²) in [6, 6.07) is 13.0. The largest absolute Gasteiger partial charge is 0.456 e. The van der Waals surface area contributed by atoms with E-state index in [4.69, 9.17) is 13.7 Å². The van der Waals surface area contributed by atoms with Crippen LogP contribution in [0.4, 0.5) is 0 Å². The van der Waals surface area contributed by atoms with Crippen LogP contribution in [0.3, 0.4) is 0 Å². The molecular formula is C18H12N2O4S. The lowest BCUT2D eigenvalue weighted by Crippen LogP contribution is -2.00. The molecule has 7 heteroatoms. The van der Waals surface area contributed by atoms with E-state index < -0.39 is 5.97 Å². The van der Waals surface area contributed by atoms with Crippen LogP contribution < -0.4 is 0 Å². The van der Waals surface area contributed by atoms with E-state index in [1.165, 1.54) is 12.2 Å². The molecule has 0 aliphatic carbocycles. The van der Waals surface area contributed by atoms with Crippen molar-refractivity contribution < 1.29 is 18.5 Å². The van der Waals surface area contributed by atoms with Crippen LogP contribution in [0.5, 0.6) is 0 Å². The highest BCUT2D eigenvalue weighted by Gasteiger charge is 2.09. The van der Waals surface area contributed by atoms with E-state index >= 15 is 0 Å². The number of fused-ring (bicyclic) bond motifs is 1. The van der Waals surface area contributed by atoms with E-state index in [-0.39, 0.29) is 6.61 Å². The summed E-state index contributed by atoms with van der Waals surface area (Å²) in [5.41, 5.74) is 1.95. The maximum atomic E-state index is 11.8. The fourth-order valence-corrected chi connectivity index (χ4v) is 2.88. The van der Waals surface area contributed by atoms with E-state index in [1.54, 1.807) is 17.4 Å². The first kappa shape index (κ1) is 15.3. The standard InChI is InChI=1S/C18H12N2O4S/c21-18(8-7-17-19-13-4-1-2-5-14(13)23-17)22-11-12-10-15(24-20-12)16-6-3-9-25-16/h1-10H,11H2/b8-7+. The van der Waals surface area contributed by atoms with Crippen molar-refractivity contribution in [3.05, 3.63) is 65.5 Å². The predicted octanol–water partition coefficient (Wildman–Crippen LogP) is 4.30. The monoisotopic (exact) mass is 352 g/mol. The van der Waals surface area contributed by atoms with Gasteiger partial charge in [-0.1, -0.05) is 23.4 Å². The number of para-hydroxylation sites is 2. The molecule has 0 bridgehead atoms. The molecule has 0 spiro atoms. The molecule has 0 radical (unpaired) electrons. The summed E-state index contributed by atoms with van der Waals surface area (Å²) in [6.45, 7) is 0.0333. The van der Waals surface area contributed by atoms with Gasteiger partial charge in [0, 0.05) is 18.2 Å². The van der Waals surface area contributed by atoms with Crippen molar-refractivity contribution in [2.75, 3.05) is 0 Å². The van der Waals surface area contributed by atoms with Gasteiger partial charge in [0.05, 0.1) is 4.88 Å². The molecule has 0 unspecified atom stereocenters. The molecule has 3 heterocycles. The molecule has 0 fully saturated rings. The van der Waals surface area contributed by atoms with Gasteiger partial charge in [0.25, 0.3) is 0 Å². The maximum absolute atomic E-state index is 11.8. The van der Waals surface area contributed by atoms with Crippen LogP contribution in [0.25, 0.3) is 27.8 Å². The van der Waals surface area contributed by atoms with E-state index in [0.717, 1.165) is 10.4 Å². The zero-order valence-electron chi connectivity index (χ0n) is 12.9. The zero-order valence-corrected chi connectivity index (χ0v) is 13.7. The van der Waals surface area contributed by atoms with Crippen LogP contribution in [0, 0.1) is 0 Å². The summed E-state index contributed by atoms with van der Waals surface area (Å²) in [5.74, 6) is 0.491. The Morgan fingerprint density at radius 2 is 2.16 bits per heavy atom. The third-order valence-corrected chi connectivity index (χ3v) is 4.24. The van der Waals surface area contributed by atoms with Crippen LogP contribution >= 0.6 is 11.3 Å². The topological polar surface area (TPSA) is 78.4 Å². The van der Waals surface area contributed by atoms with E-state index in [2.05, 4.69) is 10.1 Å². The van der Waals surface area contributed by atoms with Gasteiger partial charge in [-0.15, -0.1) is 11.3 Å². The zero-order chi connectivity index (χ0) is 17.1. The van der Waals surface area contributed by atoms with Crippen molar-refractivity contribution in [1.82, 2.24) is 10.1 Å². The van der Waals surface area contributed by atoms with Crippen LogP contribution in [0.15, 0.2) is 62.9 Å². The number of carbonyl (C=O) groups is 1. The van der Waals surface area contributed by atoms with Crippen molar-refractivity contribution in [2.45, 2.75) is 6.61 Å². The van der Waals surface area contributed by atoms with Gasteiger partial charge in [-0.05, 0) is 23.6 Å². The van der Waals surface area contributed by atoms with Crippen LogP contribution in [0.1, 0.15) is 11.6 Å². The van der Waals surface area contributed by atoms with Crippen molar-refractivity contribution in [1.29, 1.82) is 0 Å². The molecule has 4 rings (SSSR count). The number of esters is 1. The van der Waals surface area contributed by atoms with Crippen LogP contribution in [0.2, 0.25) is 0 Å². The summed E-state index contributed by atoms with van der Waals surface area (Å²) in [5, 5.41) is 5.84. The van der Waals surface area contributed by atoms with Gasteiger partial charge in [-0.2, -0.15) is 0 Å². The van der Waals surface area contributed by atoms with Crippen molar-refractivity contribution in [3.63, 3.8) is 0 Å². The summed E-state index contributed by atoms with van der Waals surface area (Å²) in [6.07, 6.45) is 2.74. The first-order valence-corrected chi connectivity index (χ1v) is 8.36. The van der Waals surface area contributed by atoms with Gasteiger partial charge < -0.3 is 13.7 Å². The molecule has 0 amide bonds. The Hall–Kier alpha value is -3.19. The van der Waals surface area contributed by atoms with Gasteiger partial charge >= 0.3 is 5.97 Å². The number of carbonyl (C=O) groups excluding carboxylic acids is 1. The molecule has 0 N–H and O–H groups in total. The second kappa shape index (κ2) is 6.74. The average molecular weight is 352 g/mol. The quantitative estimate of drug-likeness (QED) is 0.393. The minimum atomic E-state index is -0.511. The number of ether oxygens (including phenoxy) is 1. The average Bonchev–Trinajstić information content (AvgIpc) is 3.37. The number of nitrogens with zero attached hydrogens (tertiary/aromatic N) is 2. The number of rotatable bonds is 5. The molecule has 25 heavy (non-hydrogen) atoms. The fraction of sp³-hybridized carbons (Fsp3) is 0.0556. The predicted molar refractivity (Wildman–Crippen MR) is 92.7 cm³/mol. The Balaban J connectivity index is 1.36. The number of benzene rings is 1. The summed E-state index contributed by atoms with van der Waals surface area (Å²) >= 11 is 1.55. The lowest BCUT2D eigenvalue weighted by molar-refractivity contribution is -0.139. The van der Waals surface area contributed by atoms with Gasteiger partial charge in [0.2, 0.25) is 5.89 Å². The van der Waals surface area contributed by atoms with Gasteiger partial charge in [-0.25, -0.2) is 9.78 Å². The molecular weight excluding hydrogens is 340 g/mol. The Kier molecular flexibility index (Phi) is 4.14. The number of oxazole rings is 1. The minimum absolute atomic E-state index is 0.0333. The molecule has 0 saturated carbocycles. The summed E-state index contributed by atoms with van der Waals surface area (Å²) < 4.78 is 15.9. The minimum Gasteiger partial charge on any atom is -0.456 e. The Bertz CT molecular complexity index is 997. The highest BCUT2D eigenvalue weighted by atomic mass is 32.1. The first-order valence-electron chi connectivity index (χ1n) is 7.48. The molecule has 3 aromatic heterocycles. The highest BCUT2D eigenvalue weighted by molar-refractivity contribution is 7.13. The second-order valence-corrected chi connectivity index (χ2v) is 6.07. The normalized spacial score (nSPS) is 11.4. The fourth-order valence-electron chi connectivity index (χ4n) is 2.21. The molecule has 0 aliphatic heterocycles.